The van der Waals surface area contributed by atoms with Crippen molar-refractivity contribution in [1.82, 2.24) is 4.98 Å². The number of ether oxygens (including phenoxy) is 1. The molecule has 1 aromatic heterocycles. The van der Waals surface area contributed by atoms with Gasteiger partial charge in [0.2, 0.25) is 5.89 Å². The normalized spacial score (nSPS) is 11.0. The Hall–Kier alpha value is -4.18. The zero-order valence-corrected chi connectivity index (χ0v) is 16.6. The van der Waals surface area contributed by atoms with E-state index in [0.29, 0.717) is 22.7 Å². The van der Waals surface area contributed by atoms with Crippen LogP contribution in [-0.4, -0.2) is 11.0 Å². The van der Waals surface area contributed by atoms with Crippen molar-refractivity contribution < 1.29 is 13.9 Å². The minimum absolute atomic E-state index is 0.348. The molecule has 0 radical (unpaired) electrons. The second-order valence-corrected chi connectivity index (χ2v) is 7.19. The lowest BCUT2D eigenvalue weighted by atomic mass is 9.91. The van der Waals surface area contributed by atoms with E-state index in [1.54, 1.807) is 18.2 Å². The topological polar surface area (TPSA) is 52.3 Å². The third-order valence-corrected chi connectivity index (χ3v) is 5.10. The summed E-state index contributed by atoms with van der Waals surface area (Å²) in [6, 6.07) is 34.2. The van der Waals surface area contributed by atoms with E-state index in [4.69, 9.17) is 9.15 Å². The van der Waals surface area contributed by atoms with Gasteiger partial charge in [0.15, 0.2) is 5.58 Å². The zero-order valence-electron chi connectivity index (χ0n) is 16.6. The molecule has 4 aromatic carbocycles. The lowest BCUT2D eigenvalue weighted by Crippen LogP contribution is -2.20. The molecule has 0 N–H and O–H groups in total. The Balaban J connectivity index is 1.45. The number of esters is 1. The average molecular weight is 405 g/mol. The first-order valence-electron chi connectivity index (χ1n) is 10.1. The highest BCUT2D eigenvalue weighted by Gasteiger charge is 2.25. The highest BCUT2D eigenvalue weighted by atomic mass is 16.5. The van der Waals surface area contributed by atoms with Crippen LogP contribution in [0.2, 0.25) is 0 Å². The van der Waals surface area contributed by atoms with Gasteiger partial charge in [0, 0.05) is 11.6 Å². The Labute approximate surface area is 179 Å². The molecule has 4 nitrogen and oxygen atoms in total. The number of aromatic nitrogens is 1. The van der Waals surface area contributed by atoms with Crippen molar-refractivity contribution in [2.24, 2.45) is 0 Å². The number of hydrogen-bond acceptors (Lipinski definition) is 4. The Morgan fingerprint density at radius 2 is 1.32 bits per heavy atom. The Morgan fingerprint density at radius 3 is 1.94 bits per heavy atom. The smallest absolute Gasteiger partial charge is 0.323 e. The van der Waals surface area contributed by atoms with E-state index in [0.717, 1.165) is 16.7 Å². The van der Waals surface area contributed by atoms with Gasteiger partial charge in [-0.25, -0.2) is 4.98 Å². The second-order valence-electron chi connectivity index (χ2n) is 7.19. The molecule has 0 saturated carbocycles. The maximum absolute atomic E-state index is 13.2. The molecule has 0 aliphatic rings. The second kappa shape index (κ2) is 8.28. The van der Waals surface area contributed by atoms with Crippen LogP contribution >= 0.6 is 0 Å². The van der Waals surface area contributed by atoms with E-state index in [9.17, 15) is 4.79 Å². The standard InChI is InChI=1S/C27H19NO3/c29-27(25(19-10-4-1-5-11-19)20-12-6-2-7-13-20)30-22-16-17-23-24(18-22)31-26(28-23)21-14-8-3-9-15-21/h1-18,25H. The molecule has 31 heavy (non-hydrogen) atoms. The summed E-state index contributed by atoms with van der Waals surface area (Å²) in [6.45, 7) is 0. The van der Waals surface area contributed by atoms with Gasteiger partial charge >= 0.3 is 5.97 Å². The third kappa shape index (κ3) is 3.96. The maximum atomic E-state index is 13.2. The summed E-state index contributed by atoms with van der Waals surface area (Å²) in [5.74, 6) is 0.0860. The fourth-order valence-electron chi connectivity index (χ4n) is 3.60. The molecule has 5 aromatic rings. The summed E-state index contributed by atoms with van der Waals surface area (Å²) in [5, 5.41) is 0. The minimum atomic E-state index is -0.521. The van der Waals surface area contributed by atoms with Gasteiger partial charge in [-0.15, -0.1) is 0 Å². The molecule has 0 fully saturated rings. The highest BCUT2D eigenvalue weighted by Crippen LogP contribution is 2.30. The maximum Gasteiger partial charge on any atom is 0.323 e. The molecule has 0 saturated heterocycles. The number of nitrogens with zero attached hydrogens (tertiary/aromatic N) is 1. The molecular weight excluding hydrogens is 386 g/mol. The van der Waals surface area contributed by atoms with Gasteiger partial charge in [-0.05, 0) is 35.4 Å². The summed E-state index contributed by atoms with van der Waals surface area (Å²) >= 11 is 0. The zero-order chi connectivity index (χ0) is 21.0. The predicted molar refractivity (Wildman–Crippen MR) is 120 cm³/mol. The quantitative estimate of drug-likeness (QED) is 0.257. The van der Waals surface area contributed by atoms with Crippen LogP contribution < -0.4 is 4.74 Å². The average Bonchev–Trinajstić information content (AvgIpc) is 3.25. The van der Waals surface area contributed by atoms with Crippen LogP contribution in [0.25, 0.3) is 22.6 Å². The first kappa shape index (κ1) is 18.8. The Kier molecular flexibility index (Phi) is 5.03. The Bertz CT molecular complexity index is 1270. The van der Waals surface area contributed by atoms with Crippen molar-refractivity contribution in [3.8, 4) is 17.2 Å². The van der Waals surface area contributed by atoms with Gasteiger partial charge < -0.3 is 9.15 Å². The van der Waals surface area contributed by atoms with E-state index < -0.39 is 5.92 Å². The molecule has 0 spiro atoms. The third-order valence-electron chi connectivity index (χ3n) is 5.10. The summed E-state index contributed by atoms with van der Waals surface area (Å²) in [4.78, 5) is 17.7. The number of hydrogen-bond donors (Lipinski definition) is 0. The molecule has 0 atom stereocenters. The van der Waals surface area contributed by atoms with Crippen molar-refractivity contribution in [2.45, 2.75) is 5.92 Å². The fourth-order valence-corrected chi connectivity index (χ4v) is 3.60. The summed E-state index contributed by atoms with van der Waals surface area (Å²) < 4.78 is 11.7. The van der Waals surface area contributed by atoms with Crippen molar-refractivity contribution >= 4 is 17.1 Å². The molecule has 4 heteroatoms. The van der Waals surface area contributed by atoms with Gasteiger partial charge in [-0.1, -0.05) is 78.9 Å². The van der Waals surface area contributed by atoms with E-state index in [2.05, 4.69) is 4.98 Å². The molecule has 5 rings (SSSR count). The van der Waals surface area contributed by atoms with Crippen molar-refractivity contribution in [1.29, 1.82) is 0 Å². The van der Waals surface area contributed by atoms with Crippen LogP contribution in [0, 0.1) is 0 Å². The number of rotatable bonds is 5. The van der Waals surface area contributed by atoms with Crippen molar-refractivity contribution in [3.05, 3.63) is 120 Å². The van der Waals surface area contributed by atoms with E-state index in [-0.39, 0.29) is 5.97 Å². The van der Waals surface area contributed by atoms with E-state index in [1.807, 2.05) is 91.0 Å². The number of oxazole rings is 1. The van der Waals surface area contributed by atoms with Crippen LogP contribution in [0.15, 0.2) is 114 Å². The molecule has 0 bridgehead atoms. The lowest BCUT2D eigenvalue weighted by molar-refractivity contribution is -0.135. The highest BCUT2D eigenvalue weighted by molar-refractivity contribution is 5.85. The first-order valence-corrected chi connectivity index (χ1v) is 10.1. The predicted octanol–water partition coefficient (Wildman–Crippen LogP) is 6.23. The van der Waals surface area contributed by atoms with Gasteiger partial charge in [-0.3, -0.25) is 4.79 Å². The van der Waals surface area contributed by atoms with Crippen LogP contribution in [0.3, 0.4) is 0 Å². The molecular formula is C27H19NO3. The molecule has 0 aliphatic heterocycles. The van der Waals surface area contributed by atoms with E-state index >= 15 is 0 Å². The minimum Gasteiger partial charge on any atom is -0.436 e. The molecule has 0 unspecified atom stereocenters. The lowest BCUT2D eigenvalue weighted by Gasteiger charge is -2.16. The van der Waals surface area contributed by atoms with Crippen molar-refractivity contribution in [2.75, 3.05) is 0 Å². The molecule has 0 aliphatic carbocycles. The largest absolute Gasteiger partial charge is 0.436 e. The van der Waals surface area contributed by atoms with Gasteiger partial charge in [-0.2, -0.15) is 0 Å². The summed E-state index contributed by atoms with van der Waals surface area (Å²) in [7, 11) is 0. The van der Waals surface area contributed by atoms with Crippen LogP contribution in [0.5, 0.6) is 5.75 Å². The van der Waals surface area contributed by atoms with Gasteiger partial charge in [0.1, 0.15) is 17.2 Å². The molecule has 1 heterocycles. The van der Waals surface area contributed by atoms with Crippen LogP contribution in [0.1, 0.15) is 17.0 Å². The number of fused-ring (bicyclic) bond motifs is 1. The van der Waals surface area contributed by atoms with Crippen LogP contribution in [-0.2, 0) is 4.79 Å². The molecule has 150 valence electrons. The fraction of sp³-hybridized carbons (Fsp3) is 0.0370. The Morgan fingerprint density at radius 1 is 0.742 bits per heavy atom. The number of carbonyl (C=O) groups excluding carboxylic acids is 1. The van der Waals surface area contributed by atoms with Gasteiger partial charge in [0.25, 0.3) is 0 Å². The van der Waals surface area contributed by atoms with E-state index in [1.165, 1.54) is 0 Å². The summed E-state index contributed by atoms with van der Waals surface area (Å²) in [5.41, 5.74) is 3.93. The summed E-state index contributed by atoms with van der Waals surface area (Å²) in [6.07, 6.45) is 0. The monoisotopic (exact) mass is 405 g/mol. The van der Waals surface area contributed by atoms with Gasteiger partial charge in [0.05, 0.1) is 0 Å². The van der Waals surface area contributed by atoms with Crippen LogP contribution in [0.4, 0.5) is 0 Å². The number of carbonyl (C=O) groups is 1. The molecule has 0 amide bonds. The first-order chi connectivity index (χ1) is 15.3. The SMILES string of the molecule is O=C(Oc1ccc2nc(-c3ccccc3)oc2c1)C(c1ccccc1)c1ccccc1. The van der Waals surface area contributed by atoms with Crippen molar-refractivity contribution in [3.63, 3.8) is 0 Å². The number of benzene rings is 4.